The Morgan fingerprint density at radius 1 is 0.686 bits per heavy atom. The molecule has 2 unspecified atom stereocenters. The summed E-state index contributed by atoms with van der Waals surface area (Å²) in [5.74, 6) is 0.357. The van der Waals surface area contributed by atoms with E-state index < -0.39 is 0 Å². The highest BCUT2D eigenvalue weighted by molar-refractivity contribution is 5.50. The van der Waals surface area contributed by atoms with E-state index in [1.54, 1.807) is 0 Å². The van der Waals surface area contributed by atoms with Crippen LogP contribution in [0.15, 0.2) is 84.6 Å². The van der Waals surface area contributed by atoms with Crippen LogP contribution in [0.2, 0.25) is 0 Å². The second kappa shape index (κ2) is 22.6. The summed E-state index contributed by atoms with van der Waals surface area (Å²) in [4.78, 5) is 0. The maximum atomic E-state index is 4.34. The minimum absolute atomic E-state index is 0.190. The first-order chi connectivity index (χ1) is 17.1. The van der Waals surface area contributed by atoms with E-state index in [0.717, 1.165) is 32.1 Å². The summed E-state index contributed by atoms with van der Waals surface area (Å²) in [6.45, 7) is 17.8. The monoisotopic (exact) mass is 478 g/mol. The maximum Gasteiger partial charge on any atom is 0.0380 e. The van der Waals surface area contributed by atoms with Crippen LogP contribution in [0.1, 0.15) is 125 Å². The Hall–Kier alpha value is -1.82. The topological polar surface area (TPSA) is 0 Å². The third kappa shape index (κ3) is 13.2. The zero-order chi connectivity index (χ0) is 26.2. The average molecular weight is 479 g/mol. The predicted octanol–water partition coefficient (Wildman–Crippen LogP) is 12.0. The predicted molar refractivity (Wildman–Crippen MR) is 163 cm³/mol. The minimum Gasteiger partial charge on any atom is -0.103 e. The van der Waals surface area contributed by atoms with Crippen molar-refractivity contribution in [3.05, 3.63) is 84.6 Å². The SMILES string of the molecule is C=CC(CCCC)C(C=CC)(C=CCC)C(C=CCCC)=C(C=CCCCC)C=CCCCCC. The van der Waals surface area contributed by atoms with E-state index in [4.69, 9.17) is 0 Å². The molecule has 0 radical (unpaired) electrons. The lowest BCUT2D eigenvalue weighted by Gasteiger charge is -2.37. The van der Waals surface area contributed by atoms with Gasteiger partial charge in [-0.1, -0.05) is 146 Å². The minimum atomic E-state index is -0.190. The molecule has 0 aromatic rings. The lowest BCUT2D eigenvalue weighted by molar-refractivity contribution is 0.387. The highest BCUT2D eigenvalue weighted by Gasteiger charge is 2.35. The third-order valence-electron chi connectivity index (χ3n) is 6.65. The molecule has 0 aliphatic carbocycles. The van der Waals surface area contributed by atoms with Crippen LogP contribution in [-0.2, 0) is 0 Å². The smallest absolute Gasteiger partial charge is 0.0380 e. The Bertz CT molecular complexity index is 694. The molecule has 0 amide bonds. The van der Waals surface area contributed by atoms with Crippen LogP contribution in [0.25, 0.3) is 0 Å². The van der Waals surface area contributed by atoms with Gasteiger partial charge in [-0.05, 0) is 62.5 Å². The van der Waals surface area contributed by atoms with Crippen molar-refractivity contribution in [2.24, 2.45) is 11.3 Å². The van der Waals surface area contributed by atoms with Crippen LogP contribution >= 0.6 is 0 Å². The first kappa shape index (κ1) is 33.2. The third-order valence-corrected chi connectivity index (χ3v) is 6.65. The Labute approximate surface area is 220 Å². The van der Waals surface area contributed by atoms with Crippen LogP contribution in [-0.4, -0.2) is 0 Å². The van der Waals surface area contributed by atoms with E-state index in [9.17, 15) is 0 Å². The summed E-state index contributed by atoms with van der Waals surface area (Å²) in [7, 11) is 0. The van der Waals surface area contributed by atoms with Gasteiger partial charge in [-0.3, -0.25) is 0 Å². The standard InChI is InChI=1S/C35H58/c1-8-15-20-22-25-27-32(26-24-21-16-9-2)34(29-23-17-10-3)35(30-13-6,31-19-12-5)33(14-7)28-18-11-4/h13-14,19,23-27,29-31,33H,7-12,15-18,20-22,28H2,1-6H3. The number of rotatable bonds is 21. The molecular formula is C35H58. The molecule has 2 atom stereocenters. The Morgan fingerprint density at radius 2 is 1.31 bits per heavy atom. The van der Waals surface area contributed by atoms with Crippen molar-refractivity contribution < 1.29 is 0 Å². The summed E-state index contributed by atoms with van der Waals surface area (Å²) in [6, 6.07) is 0. The molecule has 198 valence electrons. The van der Waals surface area contributed by atoms with Crippen LogP contribution in [0, 0.1) is 11.3 Å². The second-order valence-electron chi connectivity index (χ2n) is 9.73. The van der Waals surface area contributed by atoms with Crippen LogP contribution in [0.5, 0.6) is 0 Å². The lowest BCUT2D eigenvalue weighted by atomic mass is 9.65. The largest absolute Gasteiger partial charge is 0.103 e. The fraction of sp³-hybridized carbons (Fsp3) is 0.600. The summed E-state index contributed by atoms with van der Waals surface area (Å²) in [5, 5.41) is 0. The highest BCUT2D eigenvalue weighted by atomic mass is 14.4. The van der Waals surface area contributed by atoms with Crippen molar-refractivity contribution in [2.75, 3.05) is 0 Å². The van der Waals surface area contributed by atoms with Crippen molar-refractivity contribution >= 4 is 0 Å². The van der Waals surface area contributed by atoms with E-state index in [0.29, 0.717) is 5.92 Å². The van der Waals surface area contributed by atoms with Gasteiger partial charge < -0.3 is 0 Å². The number of hydrogen-bond acceptors (Lipinski definition) is 0. The normalized spacial score (nSPS) is 16.2. The number of unbranched alkanes of at least 4 members (excludes halogenated alkanes) is 7. The zero-order valence-corrected chi connectivity index (χ0v) is 24.3. The van der Waals surface area contributed by atoms with Gasteiger partial charge in [0, 0.05) is 5.41 Å². The quantitative estimate of drug-likeness (QED) is 0.0873. The fourth-order valence-electron chi connectivity index (χ4n) is 4.59. The maximum absolute atomic E-state index is 4.34. The van der Waals surface area contributed by atoms with Crippen LogP contribution in [0.4, 0.5) is 0 Å². The molecule has 0 N–H and O–H groups in total. The summed E-state index contributed by atoms with van der Waals surface area (Å²) >= 11 is 0. The molecule has 0 aromatic carbocycles. The summed E-state index contributed by atoms with van der Waals surface area (Å²) in [5.41, 5.74) is 2.57. The molecule has 0 nitrogen and oxygen atoms in total. The van der Waals surface area contributed by atoms with Gasteiger partial charge in [0.05, 0.1) is 0 Å². The Balaban J connectivity index is 7.09. The molecule has 0 saturated carbocycles. The molecule has 0 aliphatic rings. The van der Waals surface area contributed by atoms with E-state index in [1.165, 1.54) is 62.5 Å². The molecule has 0 rings (SSSR count). The molecule has 0 bridgehead atoms. The van der Waals surface area contributed by atoms with Gasteiger partial charge in [0.2, 0.25) is 0 Å². The van der Waals surface area contributed by atoms with Gasteiger partial charge in [0.25, 0.3) is 0 Å². The average Bonchev–Trinajstić information content (AvgIpc) is 2.87. The van der Waals surface area contributed by atoms with Gasteiger partial charge in [-0.15, -0.1) is 6.58 Å². The van der Waals surface area contributed by atoms with Gasteiger partial charge in [0.15, 0.2) is 0 Å². The van der Waals surface area contributed by atoms with Gasteiger partial charge in [0.1, 0.15) is 0 Å². The lowest BCUT2D eigenvalue weighted by Crippen LogP contribution is -2.28. The number of allylic oxidation sites excluding steroid dienone is 13. The zero-order valence-electron chi connectivity index (χ0n) is 24.3. The van der Waals surface area contributed by atoms with Crippen molar-refractivity contribution in [2.45, 2.75) is 125 Å². The van der Waals surface area contributed by atoms with Gasteiger partial charge >= 0.3 is 0 Å². The van der Waals surface area contributed by atoms with Crippen LogP contribution < -0.4 is 0 Å². The van der Waals surface area contributed by atoms with E-state index in [2.05, 4.69) is 115 Å². The van der Waals surface area contributed by atoms with E-state index in [-0.39, 0.29) is 5.41 Å². The van der Waals surface area contributed by atoms with Gasteiger partial charge in [-0.2, -0.15) is 0 Å². The first-order valence-corrected chi connectivity index (χ1v) is 14.8. The Morgan fingerprint density at radius 3 is 1.86 bits per heavy atom. The highest BCUT2D eigenvalue weighted by Crippen LogP contribution is 2.45. The fourth-order valence-corrected chi connectivity index (χ4v) is 4.59. The first-order valence-electron chi connectivity index (χ1n) is 14.8. The van der Waals surface area contributed by atoms with Crippen molar-refractivity contribution in [3.8, 4) is 0 Å². The molecule has 0 heteroatoms. The number of hydrogen-bond donors (Lipinski definition) is 0. The molecule has 0 fully saturated rings. The molecule has 0 spiro atoms. The van der Waals surface area contributed by atoms with Crippen molar-refractivity contribution in [1.29, 1.82) is 0 Å². The molecule has 0 heterocycles. The molecule has 35 heavy (non-hydrogen) atoms. The van der Waals surface area contributed by atoms with Crippen molar-refractivity contribution in [1.82, 2.24) is 0 Å². The molecule has 0 saturated heterocycles. The van der Waals surface area contributed by atoms with E-state index in [1.807, 2.05) is 0 Å². The second-order valence-corrected chi connectivity index (χ2v) is 9.73. The van der Waals surface area contributed by atoms with Crippen LogP contribution in [0.3, 0.4) is 0 Å². The van der Waals surface area contributed by atoms with Gasteiger partial charge in [-0.25, -0.2) is 0 Å². The van der Waals surface area contributed by atoms with Crippen molar-refractivity contribution in [3.63, 3.8) is 0 Å². The summed E-state index contributed by atoms with van der Waals surface area (Å²) < 4.78 is 0. The Kier molecular flexibility index (Phi) is 21.5. The summed E-state index contributed by atoms with van der Waals surface area (Å²) in [6.07, 6.45) is 41.6. The molecule has 0 aliphatic heterocycles. The molecular weight excluding hydrogens is 420 g/mol. The molecule has 0 aromatic heterocycles. The van der Waals surface area contributed by atoms with E-state index >= 15 is 0 Å².